The predicted molar refractivity (Wildman–Crippen MR) is 91.9 cm³/mol. The van der Waals surface area contributed by atoms with Gasteiger partial charge in [0.15, 0.2) is 0 Å². The van der Waals surface area contributed by atoms with E-state index in [-0.39, 0.29) is 17.9 Å². The Kier molecular flexibility index (Phi) is 6.36. The summed E-state index contributed by atoms with van der Waals surface area (Å²) in [5.74, 6) is 0.573. The fourth-order valence-corrected chi connectivity index (χ4v) is 2.88. The first-order chi connectivity index (χ1) is 11.4. The van der Waals surface area contributed by atoms with Gasteiger partial charge in [-0.3, -0.25) is 14.5 Å². The van der Waals surface area contributed by atoms with Gasteiger partial charge in [0.2, 0.25) is 11.8 Å². The van der Waals surface area contributed by atoms with Crippen molar-refractivity contribution in [2.45, 2.75) is 65.6 Å². The van der Waals surface area contributed by atoms with E-state index in [0.717, 1.165) is 12.1 Å². The van der Waals surface area contributed by atoms with Crippen molar-refractivity contribution in [3.05, 3.63) is 11.8 Å². The van der Waals surface area contributed by atoms with Gasteiger partial charge in [0, 0.05) is 25.6 Å². The van der Waals surface area contributed by atoms with Crippen LogP contribution < -0.4 is 10.2 Å². The van der Waals surface area contributed by atoms with Gasteiger partial charge >= 0.3 is 0 Å². The minimum atomic E-state index is -0.501. The average molecular weight is 336 g/mol. The van der Waals surface area contributed by atoms with Crippen LogP contribution in [0.4, 0.5) is 5.82 Å². The zero-order valence-corrected chi connectivity index (χ0v) is 15.0. The molecule has 2 amide bonds. The highest BCUT2D eigenvalue weighted by atomic mass is 16.5. The Morgan fingerprint density at radius 1 is 1.46 bits per heavy atom. The Bertz CT molecular complexity index is 582. The van der Waals surface area contributed by atoms with Gasteiger partial charge in [-0.1, -0.05) is 6.92 Å². The molecule has 0 aliphatic carbocycles. The maximum Gasteiger partial charge on any atom is 0.243 e. The fraction of sp³-hybridized carbons (Fsp3) is 0.706. The molecule has 0 bridgehead atoms. The molecule has 1 atom stereocenters. The first-order valence-electron chi connectivity index (χ1n) is 8.69. The van der Waals surface area contributed by atoms with Crippen molar-refractivity contribution < 1.29 is 14.3 Å². The molecule has 0 saturated heterocycles. The summed E-state index contributed by atoms with van der Waals surface area (Å²) >= 11 is 0. The molecule has 0 saturated carbocycles. The van der Waals surface area contributed by atoms with Crippen LogP contribution >= 0.6 is 0 Å². The monoisotopic (exact) mass is 336 g/mol. The number of carbonyl (C=O) groups excluding carboxylic acids is 2. The molecule has 1 aromatic heterocycles. The maximum absolute atomic E-state index is 12.6. The molecule has 1 aliphatic rings. The van der Waals surface area contributed by atoms with Crippen LogP contribution in [0.5, 0.6) is 0 Å². The molecule has 2 rings (SSSR count). The first-order valence-corrected chi connectivity index (χ1v) is 8.69. The lowest BCUT2D eigenvalue weighted by Gasteiger charge is -2.33. The second-order valence-corrected chi connectivity index (χ2v) is 6.37. The third kappa shape index (κ3) is 4.35. The number of aryl methyl sites for hydroxylation is 2. The van der Waals surface area contributed by atoms with Crippen LogP contribution in [0.2, 0.25) is 0 Å². The second-order valence-electron chi connectivity index (χ2n) is 6.37. The lowest BCUT2D eigenvalue weighted by atomic mass is 10.1. The van der Waals surface area contributed by atoms with Crippen LogP contribution in [-0.4, -0.2) is 46.9 Å². The Hall–Kier alpha value is -1.89. The molecule has 1 aromatic rings. The molecular weight excluding hydrogens is 308 g/mol. The van der Waals surface area contributed by atoms with Crippen LogP contribution in [0, 0.1) is 6.92 Å². The number of aromatic nitrogens is 2. The summed E-state index contributed by atoms with van der Waals surface area (Å²) in [4.78, 5) is 26.6. The predicted octanol–water partition coefficient (Wildman–Crippen LogP) is 1.64. The van der Waals surface area contributed by atoms with Crippen molar-refractivity contribution in [1.82, 2.24) is 15.1 Å². The fourth-order valence-electron chi connectivity index (χ4n) is 2.88. The number of anilines is 1. The molecule has 0 radical (unpaired) electrons. The van der Waals surface area contributed by atoms with E-state index in [2.05, 4.69) is 10.4 Å². The van der Waals surface area contributed by atoms with E-state index in [9.17, 15) is 9.59 Å². The van der Waals surface area contributed by atoms with Gasteiger partial charge in [-0.05, 0) is 33.6 Å². The molecular formula is C17H28N4O3. The Morgan fingerprint density at radius 2 is 2.21 bits per heavy atom. The number of ether oxygens (including phenoxy) is 1. The molecule has 0 aromatic carbocycles. The van der Waals surface area contributed by atoms with E-state index in [4.69, 9.17) is 4.74 Å². The molecule has 7 heteroatoms. The van der Waals surface area contributed by atoms with Gasteiger partial charge in [0.25, 0.3) is 0 Å². The Labute approximate surface area is 143 Å². The van der Waals surface area contributed by atoms with Crippen molar-refractivity contribution >= 4 is 17.6 Å². The standard InChI is InChI=1S/C17H28N4O3/c1-5-14(17(23)18-8-6-10-24-12(2)3)21-15-11-13(4)19-20(15)9-7-16(21)22/h11-12,14H,5-10H2,1-4H3,(H,18,23). The summed E-state index contributed by atoms with van der Waals surface area (Å²) < 4.78 is 7.27. The second kappa shape index (κ2) is 8.28. The zero-order chi connectivity index (χ0) is 17.7. The highest BCUT2D eigenvalue weighted by molar-refractivity contribution is 6.00. The lowest BCUT2D eigenvalue weighted by molar-refractivity contribution is -0.127. The van der Waals surface area contributed by atoms with Crippen LogP contribution in [0.1, 0.15) is 45.7 Å². The van der Waals surface area contributed by atoms with E-state index in [1.165, 1.54) is 0 Å². The number of hydrogen-bond donors (Lipinski definition) is 1. The van der Waals surface area contributed by atoms with Gasteiger partial charge in [-0.2, -0.15) is 5.10 Å². The molecule has 134 valence electrons. The van der Waals surface area contributed by atoms with Crippen LogP contribution in [-0.2, 0) is 20.9 Å². The smallest absolute Gasteiger partial charge is 0.243 e. The van der Waals surface area contributed by atoms with Crippen molar-refractivity contribution in [1.29, 1.82) is 0 Å². The van der Waals surface area contributed by atoms with Crippen molar-refractivity contribution in [3.63, 3.8) is 0 Å². The highest BCUT2D eigenvalue weighted by Crippen LogP contribution is 2.25. The number of hydrogen-bond acceptors (Lipinski definition) is 4. The van der Waals surface area contributed by atoms with Crippen molar-refractivity contribution in [2.75, 3.05) is 18.1 Å². The van der Waals surface area contributed by atoms with Crippen molar-refractivity contribution in [2.24, 2.45) is 0 Å². The zero-order valence-electron chi connectivity index (χ0n) is 15.0. The molecule has 7 nitrogen and oxygen atoms in total. The molecule has 24 heavy (non-hydrogen) atoms. The summed E-state index contributed by atoms with van der Waals surface area (Å²) in [6.45, 7) is 9.51. The van der Waals surface area contributed by atoms with Gasteiger partial charge < -0.3 is 10.1 Å². The maximum atomic E-state index is 12.6. The largest absolute Gasteiger partial charge is 0.379 e. The summed E-state index contributed by atoms with van der Waals surface area (Å²) in [5, 5.41) is 7.31. The number of carbonyl (C=O) groups is 2. The number of fused-ring (bicyclic) bond motifs is 1. The van der Waals surface area contributed by atoms with Gasteiger partial charge in [0.1, 0.15) is 11.9 Å². The van der Waals surface area contributed by atoms with E-state index >= 15 is 0 Å². The molecule has 1 aliphatic heterocycles. The summed E-state index contributed by atoms with van der Waals surface area (Å²) in [6.07, 6.45) is 1.88. The average Bonchev–Trinajstić information content (AvgIpc) is 2.90. The highest BCUT2D eigenvalue weighted by Gasteiger charge is 2.34. The van der Waals surface area contributed by atoms with Gasteiger partial charge in [-0.15, -0.1) is 0 Å². The molecule has 2 heterocycles. The van der Waals surface area contributed by atoms with Gasteiger partial charge in [0.05, 0.1) is 18.3 Å². The van der Waals surface area contributed by atoms with Crippen LogP contribution in [0.15, 0.2) is 6.07 Å². The van der Waals surface area contributed by atoms with Crippen LogP contribution in [0.3, 0.4) is 0 Å². The summed E-state index contributed by atoms with van der Waals surface area (Å²) in [7, 11) is 0. The third-order valence-electron chi connectivity index (χ3n) is 4.01. The molecule has 1 unspecified atom stereocenters. The van der Waals surface area contributed by atoms with E-state index in [0.29, 0.717) is 38.4 Å². The van der Waals surface area contributed by atoms with E-state index in [1.54, 1.807) is 4.90 Å². The number of nitrogens with one attached hydrogen (secondary N) is 1. The Morgan fingerprint density at radius 3 is 2.88 bits per heavy atom. The first kappa shape index (κ1) is 18.4. The summed E-state index contributed by atoms with van der Waals surface area (Å²) in [6, 6.07) is 1.36. The summed E-state index contributed by atoms with van der Waals surface area (Å²) in [5.41, 5.74) is 0.853. The number of rotatable bonds is 8. The normalized spacial score (nSPS) is 15.5. The minimum Gasteiger partial charge on any atom is -0.379 e. The van der Waals surface area contributed by atoms with E-state index in [1.807, 2.05) is 38.4 Å². The minimum absolute atomic E-state index is 0.0208. The Balaban J connectivity index is 1.99. The molecule has 0 spiro atoms. The van der Waals surface area contributed by atoms with Crippen LogP contribution in [0.25, 0.3) is 0 Å². The quantitative estimate of drug-likeness (QED) is 0.732. The van der Waals surface area contributed by atoms with E-state index < -0.39 is 6.04 Å². The van der Waals surface area contributed by atoms with Gasteiger partial charge in [-0.25, -0.2) is 4.68 Å². The van der Waals surface area contributed by atoms with Crippen molar-refractivity contribution in [3.8, 4) is 0 Å². The lowest BCUT2D eigenvalue weighted by Crippen LogP contribution is -2.52. The third-order valence-corrected chi connectivity index (χ3v) is 4.01. The molecule has 0 fully saturated rings. The number of nitrogens with zero attached hydrogens (tertiary/aromatic N) is 3. The topological polar surface area (TPSA) is 76.5 Å². The molecule has 1 N–H and O–H groups in total. The SMILES string of the molecule is CCC(C(=O)NCCCOC(C)C)N1C(=O)CCn2nc(C)cc21. The number of amides is 2.